The van der Waals surface area contributed by atoms with Crippen LogP contribution in [0.5, 0.6) is 0 Å². The molecule has 0 spiro atoms. The molecule has 1 N–H and O–H groups in total. The number of Topliss-reactive ketones (excluding diaryl/α,β-unsaturated/α-hetero) is 1. The maximum Gasteiger partial charge on any atom is 0.373 e. The standard InChI is InChI=1S/C38H39F2N3O3S.CO2/c1-6-24(4)37(46)41-27-17-15-26(16-18-27)36-29(20-42(5)19-25-11-8-7-9-12-25)33-35(45)30(34(44)23(2)3)22-43(38(33)47-36)21-28-31(39)13-10-14-32(28)40;2-1-3/h7-18,22-24H,6,19-21H2,1-5H3,(H,41,46);. The molecular formula is C39H39F2N3O5S. The number of aromatic nitrogens is 1. The summed E-state index contributed by atoms with van der Waals surface area (Å²) in [6.07, 6.45) is 2.42. The van der Waals surface area contributed by atoms with E-state index in [2.05, 4.69) is 10.2 Å². The predicted molar refractivity (Wildman–Crippen MR) is 191 cm³/mol. The summed E-state index contributed by atoms with van der Waals surface area (Å²) in [6, 6.07) is 21.1. The number of nitrogens with zero attached hydrogens (tertiary/aromatic N) is 2. The van der Waals surface area contributed by atoms with Crippen molar-refractivity contribution in [2.45, 2.75) is 53.8 Å². The lowest BCUT2D eigenvalue weighted by Gasteiger charge is -2.18. The van der Waals surface area contributed by atoms with Crippen molar-refractivity contribution < 1.29 is 28.0 Å². The van der Waals surface area contributed by atoms with Crippen LogP contribution in [0.1, 0.15) is 61.2 Å². The summed E-state index contributed by atoms with van der Waals surface area (Å²) >= 11 is 1.35. The van der Waals surface area contributed by atoms with Gasteiger partial charge < -0.3 is 9.88 Å². The van der Waals surface area contributed by atoms with Crippen molar-refractivity contribution in [1.29, 1.82) is 0 Å². The number of hydrogen-bond acceptors (Lipinski definition) is 7. The summed E-state index contributed by atoms with van der Waals surface area (Å²) in [5, 5.41) is 3.32. The predicted octanol–water partition coefficient (Wildman–Crippen LogP) is 7.93. The molecule has 5 rings (SSSR count). The van der Waals surface area contributed by atoms with Gasteiger partial charge in [-0.3, -0.25) is 19.3 Å². The number of hydrogen-bond donors (Lipinski definition) is 1. The minimum Gasteiger partial charge on any atom is -0.334 e. The number of rotatable bonds is 12. The fraction of sp³-hybridized carbons (Fsp3) is 0.282. The van der Waals surface area contributed by atoms with Gasteiger partial charge in [0.2, 0.25) is 11.3 Å². The number of ketones is 1. The normalized spacial score (nSPS) is 11.6. The molecule has 1 atom stereocenters. The summed E-state index contributed by atoms with van der Waals surface area (Å²) in [5.41, 5.74) is 2.74. The van der Waals surface area contributed by atoms with Crippen LogP contribution in [0.15, 0.2) is 83.8 Å². The van der Waals surface area contributed by atoms with Gasteiger partial charge in [0, 0.05) is 47.3 Å². The molecule has 0 saturated heterocycles. The number of halogens is 2. The molecule has 0 radical (unpaired) electrons. The van der Waals surface area contributed by atoms with E-state index in [1.807, 2.05) is 75.5 Å². The number of anilines is 1. The fourth-order valence-corrected chi connectivity index (χ4v) is 6.80. The van der Waals surface area contributed by atoms with E-state index in [1.54, 1.807) is 18.4 Å². The Morgan fingerprint density at radius 2 is 1.52 bits per heavy atom. The Kier molecular flexibility index (Phi) is 12.8. The van der Waals surface area contributed by atoms with E-state index >= 15 is 0 Å². The van der Waals surface area contributed by atoms with Crippen molar-refractivity contribution in [3.8, 4) is 10.4 Å². The molecule has 1 amide bonds. The van der Waals surface area contributed by atoms with Crippen molar-refractivity contribution in [3.05, 3.63) is 123 Å². The molecule has 50 heavy (non-hydrogen) atoms. The van der Waals surface area contributed by atoms with Gasteiger partial charge in [0.1, 0.15) is 16.5 Å². The molecule has 2 heterocycles. The monoisotopic (exact) mass is 699 g/mol. The minimum absolute atomic E-state index is 0.0105. The molecule has 0 aliphatic rings. The second kappa shape index (κ2) is 17.0. The zero-order valence-electron chi connectivity index (χ0n) is 28.6. The molecule has 8 nitrogen and oxygen atoms in total. The number of carbonyl (C=O) groups is 2. The van der Waals surface area contributed by atoms with E-state index in [-0.39, 0.29) is 41.4 Å². The highest BCUT2D eigenvalue weighted by molar-refractivity contribution is 7.22. The largest absolute Gasteiger partial charge is 0.373 e. The SMILES string of the molecule is CCC(C)C(=O)Nc1ccc(-c2sc3c(c2CN(C)Cc2ccccc2)c(=O)c(C(=O)C(C)C)cn3Cc2c(F)cccc2F)cc1.O=C=O. The van der Waals surface area contributed by atoms with Crippen molar-refractivity contribution in [2.24, 2.45) is 11.8 Å². The second-order valence-corrected chi connectivity index (χ2v) is 13.4. The smallest absolute Gasteiger partial charge is 0.334 e. The van der Waals surface area contributed by atoms with Crippen molar-refractivity contribution in [3.63, 3.8) is 0 Å². The number of benzene rings is 3. The Morgan fingerprint density at radius 3 is 2.10 bits per heavy atom. The first kappa shape index (κ1) is 37.7. The van der Waals surface area contributed by atoms with Gasteiger partial charge in [0.05, 0.1) is 17.5 Å². The lowest BCUT2D eigenvalue weighted by Crippen LogP contribution is -2.24. The van der Waals surface area contributed by atoms with E-state index in [9.17, 15) is 23.2 Å². The third-order valence-corrected chi connectivity index (χ3v) is 9.70. The highest BCUT2D eigenvalue weighted by atomic mass is 32.1. The van der Waals surface area contributed by atoms with E-state index in [0.717, 1.165) is 28.0 Å². The van der Waals surface area contributed by atoms with Gasteiger partial charge in [-0.15, -0.1) is 11.3 Å². The Labute approximate surface area is 293 Å². The molecule has 0 aliphatic carbocycles. The fourth-order valence-electron chi connectivity index (χ4n) is 5.51. The lowest BCUT2D eigenvalue weighted by atomic mass is 9.99. The van der Waals surface area contributed by atoms with E-state index < -0.39 is 23.0 Å². The molecule has 0 fully saturated rings. The topological polar surface area (TPSA) is 106 Å². The Morgan fingerprint density at radius 1 is 0.900 bits per heavy atom. The second-order valence-electron chi connectivity index (χ2n) is 12.4. The first-order chi connectivity index (χ1) is 23.9. The van der Waals surface area contributed by atoms with Crippen molar-refractivity contribution in [2.75, 3.05) is 12.4 Å². The number of amides is 1. The minimum atomic E-state index is -0.705. The van der Waals surface area contributed by atoms with E-state index in [4.69, 9.17) is 9.59 Å². The molecule has 0 saturated carbocycles. The van der Waals surface area contributed by atoms with Crippen LogP contribution in [0, 0.1) is 23.5 Å². The zero-order chi connectivity index (χ0) is 36.5. The highest BCUT2D eigenvalue weighted by Crippen LogP contribution is 2.39. The van der Waals surface area contributed by atoms with Crippen LogP contribution in [-0.4, -0.2) is 34.4 Å². The molecule has 1 unspecified atom stereocenters. The van der Waals surface area contributed by atoms with Gasteiger partial charge in [0.15, 0.2) is 5.78 Å². The number of fused-ring (bicyclic) bond motifs is 1. The van der Waals surface area contributed by atoms with Gasteiger partial charge in [-0.2, -0.15) is 9.59 Å². The quantitative estimate of drug-likeness (QED) is 0.133. The molecule has 260 valence electrons. The molecule has 0 aliphatic heterocycles. The van der Waals surface area contributed by atoms with Crippen LogP contribution in [0.25, 0.3) is 20.7 Å². The van der Waals surface area contributed by atoms with Crippen LogP contribution < -0.4 is 10.7 Å². The first-order valence-electron chi connectivity index (χ1n) is 16.2. The van der Waals surface area contributed by atoms with Gasteiger partial charge >= 0.3 is 6.15 Å². The van der Waals surface area contributed by atoms with Gasteiger partial charge in [-0.05, 0) is 54.4 Å². The van der Waals surface area contributed by atoms with Crippen molar-refractivity contribution >= 4 is 45.1 Å². The summed E-state index contributed by atoms with van der Waals surface area (Å²) in [7, 11) is 1.96. The van der Waals surface area contributed by atoms with Crippen LogP contribution in [0.2, 0.25) is 0 Å². The van der Waals surface area contributed by atoms with Crippen LogP contribution in [0.4, 0.5) is 14.5 Å². The van der Waals surface area contributed by atoms with Gasteiger partial charge in [0.25, 0.3) is 0 Å². The first-order valence-corrected chi connectivity index (χ1v) is 17.0. The zero-order valence-corrected chi connectivity index (χ0v) is 29.4. The molecule has 3 aromatic carbocycles. The van der Waals surface area contributed by atoms with Gasteiger partial charge in [-0.1, -0.05) is 76.2 Å². The van der Waals surface area contributed by atoms with Crippen LogP contribution in [0.3, 0.4) is 0 Å². The number of pyridine rings is 1. The van der Waals surface area contributed by atoms with Crippen LogP contribution in [-0.2, 0) is 34.0 Å². The third-order valence-electron chi connectivity index (χ3n) is 8.38. The van der Waals surface area contributed by atoms with Crippen molar-refractivity contribution in [1.82, 2.24) is 9.47 Å². The van der Waals surface area contributed by atoms with E-state index in [1.165, 1.54) is 35.7 Å². The Hall–Kier alpha value is -5.09. The number of carbonyl (C=O) groups excluding carboxylic acids is 4. The highest BCUT2D eigenvalue weighted by Gasteiger charge is 2.26. The summed E-state index contributed by atoms with van der Waals surface area (Å²) in [5.74, 6) is -2.40. The maximum atomic E-state index is 14.9. The number of thiophene rings is 1. The van der Waals surface area contributed by atoms with Gasteiger partial charge in [-0.25, -0.2) is 8.78 Å². The molecule has 11 heteroatoms. The van der Waals surface area contributed by atoms with Crippen LogP contribution >= 0.6 is 11.3 Å². The Bertz CT molecular complexity index is 2050. The average Bonchev–Trinajstić information content (AvgIpc) is 3.47. The molecular weight excluding hydrogens is 661 g/mol. The number of nitrogens with one attached hydrogen (secondary N) is 1. The maximum absolute atomic E-state index is 14.9. The summed E-state index contributed by atoms with van der Waals surface area (Å²) in [4.78, 5) is 59.8. The average molecular weight is 700 g/mol. The Balaban J connectivity index is 0.00000181. The molecule has 5 aromatic rings. The summed E-state index contributed by atoms with van der Waals surface area (Å²) in [6.45, 7) is 8.07. The summed E-state index contributed by atoms with van der Waals surface area (Å²) < 4.78 is 31.5. The molecule has 0 bridgehead atoms. The lowest BCUT2D eigenvalue weighted by molar-refractivity contribution is -0.191. The molecule has 2 aromatic heterocycles. The van der Waals surface area contributed by atoms with E-state index in [0.29, 0.717) is 29.0 Å². The third kappa shape index (κ3) is 8.73.